The average Bonchev–Trinajstić information content (AvgIpc) is 3.54. The number of imide groups is 1. The van der Waals surface area contributed by atoms with E-state index >= 15 is 0 Å². The van der Waals surface area contributed by atoms with E-state index in [1.807, 2.05) is 36.4 Å². The number of halogens is 1. The summed E-state index contributed by atoms with van der Waals surface area (Å²) in [4.78, 5) is 43.3. The van der Waals surface area contributed by atoms with Crippen molar-refractivity contribution in [3.8, 4) is 0 Å². The number of nitrogens with zero attached hydrogens (tertiary/aromatic N) is 2. The van der Waals surface area contributed by atoms with Crippen molar-refractivity contribution in [2.45, 2.75) is 43.9 Å². The highest BCUT2D eigenvalue weighted by Gasteiger charge is 2.68. The number of benzene rings is 3. The highest BCUT2D eigenvalue weighted by atomic mass is 35.5. The van der Waals surface area contributed by atoms with Gasteiger partial charge in [0.2, 0.25) is 17.7 Å². The maximum absolute atomic E-state index is 14.4. The molecule has 6 aliphatic rings. The predicted octanol–water partition coefficient (Wildman–Crippen LogP) is 5.82. The van der Waals surface area contributed by atoms with Crippen molar-refractivity contribution in [2.24, 2.45) is 34.2 Å². The molecule has 5 atom stereocenters. The van der Waals surface area contributed by atoms with Crippen LogP contribution in [0.5, 0.6) is 0 Å². The summed E-state index contributed by atoms with van der Waals surface area (Å²) in [6, 6.07) is 23.0. The Morgan fingerprint density at radius 1 is 0.951 bits per heavy atom. The van der Waals surface area contributed by atoms with E-state index in [4.69, 9.17) is 11.6 Å². The molecule has 3 aromatic carbocycles. The van der Waals surface area contributed by atoms with Crippen molar-refractivity contribution < 1.29 is 14.4 Å². The normalized spacial score (nSPS) is 34.2. The Kier molecular flexibility index (Phi) is 5.25. The van der Waals surface area contributed by atoms with Crippen LogP contribution in [0.25, 0.3) is 0 Å². The van der Waals surface area contributed by atoms with Gasteiger partial charge in [-0.15, -0.1) is 0 Å². The molecule has 3 aromatic rings. The van der Waals surface area contributed by atoms with Crippen molar-refractivity contribution >= 4 is 41.2 Å². The number of rotatable bonds is 4. The molecule has 41 heavy (non-hydrogen) atoms. The number of nitrogens with one attached hydrogen (secondary N) is 1. The van der Waals surface area contributed by atoms with E-state index in [1.165, 1.54) is 17.7 Å². The number of carbonyl (C=O) groups is 3. The molecule has 5 aliphatic carbocycles. The second-order valence-corrected chi connectivity index (χ2v) is 13.0. The molecule has 0 radical (unpaired) electrons. The van der Waals surface area contributed by atoms with Crippen molar-refractivity contribution in [3.05, 3.63) is 100 Å². The van der Waals surface area contributed by atoms with Gasteiger partial charge < -0.3 is 0 Å². The van der Waals surface area contributed by atoms with Gasteiger partial charge in [0.15, 0.2) is 0 Å². The van der Waals surface area contributed by atoms with Crippen LogP contribution in [0, 0.1) is 29.1 Å². The molecule has 9 rings (SSSR count). The van der Waals surface area contributed by atoms with E-state index in [0.29, 0.717) is 16.6 Å². The fourth-order valence-electron chi connectivity index (χ4n) is 9.04. The van der Waals surface area contributed by atoms with Gasteiger partial charge in [-0.3, -0.25) is 14.4 Å². The van der Waals surface area contributed by atoms with Crippen LogP contribution in [0.15, 0.2) is 77.9 Å². The number of carbonyl (C=O) groups excluding carboxylic acids is 3. The number of fused-ring (bicyclic) bond motifs is 1. The number of hydrogen-bond acceptors (Lipinski definition) is 4. The first kappa shape index (κ1) is 25.0. The minimum Gasteiger partial charge on any atom is -0.274 e. The SMILES string of the molecule is CC12CCCCC1C2C(=O)NN=CC12c3ccccc3C(c3ccccc31)C1C(=O)N(c3ccccc3Cl)C(=O)C12. The van der Waals surface area contributed by atoms with Crippen LogP contribution >= 0.6 is 11.6 Å². The quantitative estimate of drug-likeness (QED) is 0.247. The zero-order chi connectivity index (χ0) is 28.1. The Balaban J connectivity index is 1.26. The molecule has 0 spiro atoms. The Labute approximate surface area is 243 Å². The van der Waals surface area contributed by atoms with Gasteiger partial charge in [0.05, 0.1) is 28.0 Å². The molecular formula is C34H30ClN3O3. The summed E-state index contributed by atoms with van der Waals surface area (Å²) in [5.41, 5.74) is 6.26. The first-order chi connectivity index (χ1) is 19.9. The molecule has 1 saturated heterocycles. The Bertz CT molecular complexity index is 1640. The first-order valence-electron chi connectivity index (χ1n) is 14.5. The van der Waals surface area contributed by atoms with Gasteiger partial charge >= 0.3 is 0 Å². The second kappa shape index (κ2) is 8.62. The van der Waals surface area contributed by atoms with Crippen LogP contribution in [-0.4, -0.2) is 23.9 Å². The van der Waals surface area contributed by atoms with E-state index in [-0.39, 0.29) is 35.0 Å². The van der Waals surface area contributed by atoms with Crippen molar-refractivity contribution in [2.75, 3.05) is 4.90 Å². The molecule has 3 fully saturated rings. The minimum atomic E-state index is -1.02. The number of para-hydroxylation sites is 1. The Morgan fingerprint density at radius 3 is 2.27 bits per heavy atom. The highest BCUT2D eigenvalue weighted by Crippen LogP contribution is 2.66. The second-order valence-electron chi connectivity index (χ2n) is 12.6. The fourth-order valence-corrected chi connectivity index (χ4v) is 9.26. The molecule has 3 amide bonds. The molecule has 2 bridgehead atoms. The van der Waals surface area contributed by atoms with Crippen LogP contribution in [0.3, 0.4) is 0 Å². The van der Waals surface area contributed by atoms with Gasteiger partial charge in [0.1, 0.15) is 0 Å². The third kappa shape index (κ3) is 3.14. The van der Waals surface area contributed by atoms with Gasteiger partial charge in [0.25, 0.3) is 0 Å². The van der Waals surface area contributed by atoms with Gasteiger partial charge in [0, 0.05) is 18.1 Å². The maximum Gasteiger partial charge on any atom is 0.244 e. The van der Waals surface area contributed by atoms with Crippen molar-refractivity contribution in [1.82, 2.24) is 5.43 Å². The van der Waals surface area contributed by atoms with Gasteiger partial charge in [-0.25, -0.2) is 10.3 Å². The summed E-state index contributed by atoms with van der Waals surface area (Å²) in [6.07, 6.45) is 6.24. The molecule has 206 valence electrons. The van der Waals surface area contributed by atoms with Crippen LogP contribution in [0.1, 0.15) is 60.8 Å². The zero-order valence-corrected chi connectivity index (χ0v) is 23.5. The van der Waals surface area contributed by atoms with Crippen LogP contribution in [-0.2, 0) is 19.8 Å². The molecule has 0 aromatic heterocycles. The van der Waals surface area contributed by atoms with E-state index in [9.17, 15) is 14.4 Å². The lowest BCUT2D eigenvalue weighted by Gasteiger charge is -2.52. The number of amides is 3. The van der Waals surface area contributed by atoms with Crippen LogP contribution in [0.2, 0.25) is 5.02 Å². The lowest BCUT2D eigenvalue weighted by Crippen LogP contribution is -2.54. The topological polar surface area (TPSA) is 78.8 Å². The van der Waals surface area contributed by atoms with Gasteiger partial charge in [-0.1, -0.05) is 92.0 Å². The number of hydrazone groups is 1. The molecule has 7 heteroatoms. The molecule has 1 N–H and O–H groups in total. The smallest absolute Gasteiger partial charge is 0.244 e. The first-order valence-corrected chi connectivity index (χ1v) is 14.9. The number of hydrogen-bond donors (Lipinski definition) is 1. The fraction of sp³-hybridized carbons (Fsp3) is 0.353. The summed E-state index contributed by atoms with van der Waals surface area (Å²) >= 11 is 6.53. The third-order valence-corrected chi connectivity index (χ3v) is 11.2. The zero-order valence-electron chi connectivity index (χ0n) is 22.7. The molecule has 1 heterocycles. The Hall–Kier alpha value is -3.77. The summed E-state index contributed by atoms with van der Waals surface area (Å²) in [5, 5.41) is 4.96. The molecule has 1 aliphatic heterocycles. The number of anilines is 1. The largest absolute Gasteiger partial charge is 0.274 e. The van der Waals surface area contributed by atoms with E-state index in [1.54, 1.807) is 30.5 Å². The molecule has 2 saturated carbocycles. The predicted molar refractivity (Wildman–Crippen MR) is 157 cm³/mol. The van der Waals surface area contributed by atoms with Crippen LogP contribution < -0.4 is 10.3 Å². The highest BCUT2D eigenvalue weighted by molar-refractivity contribution is 6.36. The van der Waals surface area contributed by atoms with Crippen molar-refractivity contribution in [1.29, 1.82) is 0 Å². The summed E-state index contributed by atoms with van der Waals surface area (Å²) in [7, 11) is 0. The lowest BCUT2D eigenvalue weighted by atomic mass is 9.47. The van der Waals surface area contributed by atoms with Gasteiger partial charge in [-0.2, -0.15) is 5.10 Å². The third-order valence-electron chi connectivity index (χ3n) is 10.8. The summed E-state index contributed by atoms with van der Waals surface area (Å²) in [5.74, 6) is -1.81. The maximum atomic E-state index is 14.4. The Morgan fingerprint density at radius 2 is 1.61 bits per heavy atom. The minimum absolute atomic E-state index is 0.0283. The van der Waals surface area contributed by atoms with Crippen molar-refractivity contribution in [3.63, 3.8) is 0 Å². The molecular weight excluding hydrogens is 534 g/mol. The lowest BCUT2D eigenvalue weighted by molar-refractivity contribution is -0.124. The van der Waals surface area contributed by atoms with Crippen LogP contribution in [0.4, 0.5) is 5.69 Å². The van der Waals surface area contributed by atoms with E-state index in [2.05, 4.69) is 29.6 Å². The van der Waals surface area contributed by atoms with E-state index < -0.39 is 17.3 Å². The standard InChI is InChI=1S/C34H30ClN3O3/c1-33-17-9-8-14-23(33)28(33)30(39)37-36-18-34-21-12-4-2-10-19(21)26(20-11-3-5-13-22(20)34)27-29(34)32(41)38(31(27)40)25-16-7-6-15-24(25)35/h2-7,10-13,15-16,18,23,26-29H,8-9,14,17H2,1H3,(H,37,39). The van der Waals surface area contributed by atoms with Gasteiger partial charge in [-0.05, 0) is 58.6 Å². The molecule has 6 nitrogen and oxygen atoms in total. The summed E-state index contributed by atoms with van der Waals surface area (Å²) < 4.78 is 0. The summed E-state index contributed by atoms with van der Waals surface area (Å²) in [6.45, 7) is 2.22. The monoisotopic (exact) mass is 563 g/mol. The van der Waals surface area contributed by atoms with E-state index in [0.717, 1.165) is 35.1 Å². The average molecular weight is 564 g/mol. The molecule has 5 unspecified atom stereocenters.